The third kappa shape index (κ3) is 1.52. The zero-order chi connectivity index (χ0) is 14.8. The maximum absolute atomic E-state index is 12.2. The van der Waals surface area contributed by atoms with Crippen molar-refractivity contribution in [2.45, 2.75) is 38.5 Å². The van der Waals surface area contributed by atoms with Crippen LogP contribution in [0.1, 0.15) is 43.2 Å². The van der Waals surface area contributed by atoms with Crippen LogP contribution in [-0.2, 0) is 11.2 Å². The molecule has 21 heavy (non-hydrogen) atoms. The van der Waals surface area contributed by atoms with Crippen molar-refractivity contribution in [3.05, 3.63) is 35.4 Å². The first-order valence-corrected chi connectivity index (χ1v) is 7.52. The molecule has 3 nitrogen and oxygen atoms in total. The largest absolute Gasteiger partial charge is 0.504 e. The molecule has 3 heteroatoms. The first-order chi connectivity index (χ1) is 10.0. The van der Waals surface area contributed by atoms with Crippen molar-refractivity contribution in [3.63, 3.8) is 0 Å². The lowest BCUT2D eigenvalue weighted by Gasteiger charge is -2.37. The van der Waals surface area contributed by atoms with Crippen molar-refractivity contribution < 1.29 is 15.0 Å². The Bertz CT molecular complexity index is 778. The molecule has 1 fully saturated rings. The van der Waals surface area contributed by atoms with E-state index in [1.54, 1.807) is 6.07 Å². The lowest BCUT2D eigenvalue weighted by Crippen LogP contribution is -2.32. The molecular weight excluding hydrogens is 264 g/mol. The Morgan fingerprint density at radius 2 is 1.86 bits per heavy atom. The average Bonchev–Trinajstić information content (AvgIpc) is 2.78. The summed E-state index contributed by atoms with van der Waals surface area (Å²) in [7, 11) is 0. The quantitative estimate of drug-likeness (QED) is 0.725. The van der Waals surface area contributed by atoms with Crippen LogP contribution < -0.4 is 0 Å². The number of aromatic hydroxyl groups is 2. The van der Waals surface area contributed by atoms with Crippen molar-refractivity contribution in [3.8, 4) is 11.5 Å². The van der Waals surface area contributed by atoms with Gasteiger partial charge in [-0.1, -0.05) is 25.1 Å². The van der Waals surface area contributed by atoms with Gasteiger partial charge in [0, 0.05) is 17.2 Å². The van der Waals surface area contributed by atoms with E-state index < -0.39 is 0 Å². The van der Waals surface area contributed by atoms with E-state index in [1.807, 2.05) is 18.2 Å². The summed E-state index contributed by atoms with van der Waals surface area (Å²) in [6.07, 6.45) is 3.34. The molecule has 0 aliphatic heterocycles. The van der Waals surface area contributed by atoms with Gasteiger partial charge in [0.05, 0.1) is 0 Å². The van der Waals surface area contributed by atoms with Crippen LogP contribution in [0.3, 0.4) is 0 Å². The number of phenols is 2. The van der Waals surface area contributed by atoms with Gasteiger partial charge in [-0.2, -0.15) is 0 Å². The topological polar surface area (TPSA) is 57.5 Å². The molecule has 0 radical (unpaired) electrons. The minimum Gasteiger partial charge on any atom is -0.504 e. The Morgan fingerprint density at radius 1 is 1.10 bits per heavy atom. The number of ketones is 1. The summed E-state index contributed by atoms with van der Waals surface area (Å²) in [5.74, 6) is 0.561. The number of benzene rings is 2. The first kappa shape index (κ1) is 12.7. The second kappa shape index (κ2) is 4.00. The number of carbonyl (C=O) groups is 1. The number of hydrogen-bond donors (Lipinski definition) is 2. The van der Waals surface area contributed by atoms with Gasteiger partial charge in [-0.25, -0.2) is 0 Å². The molecule has 2 atom stereocenters. The SMILES string of the molecule is C[C@]12CCc3c(ccc4c(O)c(O)ccc34)[C@@H]1CCC2=O. The molecule has 4 rings (SSSR count). The van der Waals surface area contributed by atoms with Crippen LogP contribution in [0, 0.1) is 5.41 Å². The van der Waals surface area contributed by atoms with E-state index in [0.717, 1.165) is 24.6 Å². The Morgan fingerprint density at radius 3 is 2.67 bits per heavy atom. The molecule has 0 saturated heterocycles. The van der Waals surface area contributed by atoms with Crippen LogP contribution in [0.2, 0.25) is 0 Å². The molecule has 2 aromatic rings. The summed E-state index contributed by atoms with van der Waals surface area (Å²) >= 11 is 0. The summed E-state index contributed by atoms with van der Waals surface area (Å²) < 4.78 is 0. The average molecular weight is 282 g/mol. The lowest BCUT2D eigenvalue weighted by atomic mass is 9.66. The van der Waals surface area contributed by atoms with Crippen molar-refractivity contribution >= 4 is 16.6 Å². The Hall–Kier alpha value is -2.03. The van der Waals surface area contributed by atoms with Gasteiger partial charge < -0.3 is 10.2 Å². The van der Waals surface area contributed by atoms with Crippen LogP contribution >= 0.6 is 0 Å². The zero-order valence-corrected chi connectivity index (χ0v) is 12.0. The molecule has 2 aromatic carbocycles. The van der Waals surface area contributed by atoms with Crippen molar-refractivity contribution in [1.82, 2.24) is 0 Å². The fourth-order valence-electron chi connectivity index (χ4n) is 4.33. The van der Waals surface area contributed by atoms with Gasteiger partial charge in [0.1, 0.15) is 5.78 Å². The van der Waals surface area contributed by atoms with E-state index in [2.05, 4.69) is 6.92 Å². The molecule has 108 valence electrons. The summed E-state index contributed by atoms with van der Waals surface area (Å²) in [4.78, 5) is 12.2. The van der Waals surface area contributed by atoms with Crippen LogP contribution in [0.4, 0.5) is 0 Å². The fourth-order valence-corrected chi connectivity index (χ4v) is 4.33. The van der Waals surface area contributed by atoms with Gasteiger partial charge in [0.25, 0.3) is 0 Å². The van der Waals surface area contributed by atoms with Gasteiger partial charge in [-0.3, -0.25) is 4.79 Å². The Balaban J connectivity index is 1.97. The molecule has 0 unspecified atom stereocenters. The van der Waals surface area contributed by atoms with E-state index in [-0.39, 0.29) is 16.9 Å². The minimum atomic E-state index is -0.209. The molecule has 0 spiro atoms. The van der Waals surface area contributed by atoms with Crippen LogP contribution in [-0.4, -0.2) is 16.0 Å². The molecule has 0 aromatic heterocycles. The van der Waals surface area contributed by atoms with E-state index in [1.165, 1.54) is 11.1 Å². The molecule has 2 aliphatic rings. The number of hydrogen-bond acceptors (Lipinski definition) is 3. The predicted molar refractivity (Wildman–Crippen MR) is 80.7 cm³/mol. The maximum Gasteiger partial charge on any atom is 0.165 e. The van der Waals surface area contributed by atoms with Crippen LogP contribution in [0.5, 0.6) is 11.5 Å². The van der Waals surface area contributed by atoms with Gasteiger partial charge in [-0.15, -0.1) is 0 Å². The lowest BCUT2D eigenvalue weighted by molar-refractivity contribution is -0.126. The maximum atomic E-state index is 12.2. The molecular formula is C18H18O3. The highest BCUT2D eigenvalue weighted by Gasteiger charge is 2.49. The second-order valence-corrected chi connectivity index (χ2v) is 6.59. The molecule has 1 saturated carbocycles. The highest BCUT2D eigenvalue weighted by molar-refractivity contribution is 5.95. The summed E-state index contributed by atoms with van der Waals surface area (Å²) in [5, 5.41) is 21.4. The smallest absolute Gasteiger partial charge is 0.165 e. The monoisotopic (exact) mass is 282 g/mol. The summed E-state index contributed by atoms with van der Waals surface area (Å²) in [5.41, 5.74) is 2.28. The van der Waals surface area contributed by atoms with Crippen molar-refractivity contribution in [2.24, 2.45) is 5.41 Å². The summed E-state index contributed by atoms with van der Waals surface area (Å²) in [6, 6.07) is 7.34. The van der Waals surface area contributed by atoms with Crippen molar-refractivity contribution in [2.75, 3.05) is 0 Å². The second-order valence-electron chi connectivity index (χ2n) is 6.59. The summed E-state index contributed by atoms with van der Waals surface area (Å²) in [6.45, 7) is 2.11. The number of fused-ring (bicyclic) bond motifs is 5. The Kier molecular flexibility index (Phi) is 2.42. The highest BCUT2D eigenvalue weighted by atomic mass is 16.3. The van der Waals surface area contributed by atoms with Crippen molar-refractivity contribution in [1.29, 1.82) is 0 Å². The number of carbonyl (C=O) groups excluding carboxylic acids is 1. The van der Waals surface area contributed by atoms with E-state index in [4.69, 9.17) is 0 Å². The third-order valence-corrected chi connectivity index (χ3v) is 5.63. The number of rotatable bonds is 0. The molecule has 2 N–H and O–H groups in total. The number of phenolic OH excluding ortho intramolecular Hbond substituents is 2. The normalized spacial score (nSPS) is 27.7. The van der Waals surface area contributed by atoms with E-state index >= 15 is 0 Å². The molecule has 2 aliphatic carbocycles. The zero-order valence-electron chi connectivity index (χ0n) is 12.0. The minimum absolute atomic E-state index is 0.0499. The van der Waals surface area contributed by atoms with Gasteiger partial charge in [0.2, 0.25) is 0 Å². The molecule has 0 heterocycles. The van der Waals surface area contributed by atoms with Gasteiger partial charge in [-0.05, 0) is 47.8 Å². The van der Waals surface area contributed by atoms with E-state index in [0.29, 0.717) is 23.5 Å². The highest BCUT2D eigenvalue weighted by Crippen LogP contribution is 2.55. The standard InChI is InChI=1S/C18H18O3/c1-18-9-8-11-10-4-6-15(19)17(21)13(10)3-2-12(11)14(18)5-7-16(18)20/h2-4,6,14,19,21H,5,7-9H2,1H3/t14-,18-/m0/s1. The first-order valence-electron chi connectivity index (χ1n) is 7.52. The number of aryl methyl sites for hydroxylation is 1. The number of Topliss-reactive ketones (excluding diaryl/α,β-unsaturated/α-hetero) is 1. The van der Waals surface area contributed by atoms with E-state index in [9.17, 15) is 15.0 Å². The predicted octanol–water partition coefficient (Wildman–Crippen LogP) is 3.65. The fraction of sp³-hybridized carbons (Fsp3) is 0.389. The van der Waals surface area contributed by atoms with Crippen LogP contribution in [0.15, 0.2) is 24.3 Å². The Labute approximate surface area is 123 Å². The van der Waals surface area contributed by atoms with Gasteiger partial charge >= 0.3 is 0 Å². The molecule has 0 bridgehead atoms. The molecule has 0 amide bonds. The third-order valence-electron chi connectivity index (χ3n) is 5.63. The van der Waals surface area contributed by atoms with Crippen LogP contribution in [0.25, 0.3) is 10.8 Å². The van der Waals surface area contributed by atoms with Gasteiger partial charge in [0.15, 0.2) is 11.5 Å².